The van der Waals surface area contributed by atoms with Crippen molar-refractivity contribution in [3.63, 3.8) is 0 Å². The smallest absolute Gasteiger partial charge is 0.0221 e. The van der Waals surface area contributed by atoms with Gasteiger partial charge in [0.15, 0.2) is 0 Å². The van der Waals surface area contributed by atoms with Crippen molar-refractivity contribution in [2.75, 3.05) is 26.2 Å². The minimum Gasteiger partial charge on any atom is -0.315 e. The highest BCUT2D eigenvalue weighted by Gasteiger charge is 2.37. The summed E-state index contributed by atoms with van der Waals surface area (Å²) in [7, 11) is 0. The predicted octanol–water partition coefficient (Wildman–Crippen LogP) is 2.78. The Morgan fingerprint density at radius 1 is 0.882 bits per heavy atom. The van der Waals surface area contributed by atoms with E-state index in [1.807, 2.05) is 0 Å². The monoisotopic (exact) mass is 236 g/mol. The van der Waals surface area contributed by atoms with E-state index < -0.39 is 0 Å². The van der Waals surface area contributed by atoms with Gasteiger partial charge in [0, 0.05) is 12.6 Å². The molecule has 2 nitrogen and oxygen atoms in total. The number of nitrogens with one attached hydrogen (secondary N) is 1. The minimum atomic E-state index is 0.775. The molecule has 1 unspecified atom stereocenters. The Morgan fingerprint density at radius 3 is 2.29 bits per heavy atom. The summed E-state index contributed by atoms with van der Waals surface area (Å²) in [6.07, 6.45) is 13.4. The zero-order valence-corrected chi connectivity index (χ0v) is 11.2. The summed E-state index contributed by atoms with van der Waals surface area (Å²) in [5, 5.41) is 3.56. The van der Waals surface area contributed by atoms with Gasteiger partial charge in [0.25, 0.3) is 0 Å². The molecule has 1 aliphatic carbocycles. The van der Waals surface area contributed by atoms with Gasteiger partial charge in [0.1, 0.15) is 0 Å². The molecule has 0 aromatic rings. The first kappa shape index (κ1) is 12.0. The van der Waals surface area contributed by atoms with Gasteiger partial charge in [-0.05, 0) is 63.6 Å². The number of hydrogen-bond acceptors (Lipinski definition) is 2. The number of hydrogen-bond donors (Lipinski definition) is 1. The summed E-state index contributed by atoms with van der Waals surface area (Å²) in [6.45, 7) is 5.25. The summed E-state index contributed by atoms with van der Waals surface area (Å²) in [6, 6.07) is 0.852. The van der Waals surface area contributed by atoms with Gasteiger partial charge in [-0.25, -0.2) is 0 Å². The van der Waals surface area contributed by atoms with Crippen molar-refractivity contribution >= 4 is 0 Å². The Bertz CT molecular complexity index is 229. The van der Waals surface area contributed by atoms with Crippen LogP contribution in [-0.2, 0) is 0 Å². The summed E-state index contributed by atoms with van der Waals surface area (Å²) >= 11 is 0. The summed E-state index contributed by atoms with van der Waals surface area (Å²) in [5.74, 6) is 0. The van der Waals surface area contributed by atoms with E-state index in [1.165, 1.54) is 84.0 Å². The van der Waals surface area contributed by atoms with Crippen LogP contribution in [0.15, 0.2) is 0 Å². The Kier molecular flexibility index (Phi) is 3.72. The second-order valence-corrected chi connectivity index (χ2v) is 6.60. The number of likely N-dealkylation sites (tertiary alicyclic amines) is 1. The lowest BCUT2D eigenvalue weighted by atomic mass is 9.68. The third kappa shape index (κ3) is 2.68. The lowest BCUT2D eigenvalue weighted by Crippen LogP contribution is -2.51. The van der Waals surface area contributed by atoms with Gasteiger partial charge in [0.05, 0.1) is 0 Å². The molecule has 0 radical (unpaired) electrons. The Morgan fingerprint density at radius 2 is 1.65 bits per heavy atom. The van der Waals surface area contributed by atoms with Gasteiger partial charge >= 0.3 is 0 Å². The van der Waals surface area contributed by atoms with Crippen LogP contribution in [0.5, 0.6) is 0 Å². The third-order valence-electron chi connectivity index (χ3n) is 5.56. The molecule has 98 valence electrons. The zero-order valence-electron chi connectivity index (χ0n) is 11.2. The van der Waals surface area contributed by atoms with Gasteiger partial charge in [-0.15, -0.1) is 0 Å². The highest BCUT2D eigenvalue weighted by Crippen LogP contribution is 2.44. The lowest BCUT2D eigenvalue weighted by molar-refractivity contribution is 0.0387. The molecule has 3 rings (SSSR count). The van der Waals surface area contributed by atoms with Crippen molar-refractivity contribution in [3.8, 4) is 0 Å². The van der Waals surface area contributed by atoms with Crippen LogP contribution in [-0.4, -0.2) is 37.1 Å². The molecule has 1 spiro atoms. The largest absolute Gasteiger partial charge is 0.315 e. The SMILES string of the molecule is C1CCC2(CC1)CCN(C1CCCNC1)CC2. The maximum absolute atomic E-state index is 3.56. The fourth-order valence-corrected chi connectivity index (χ4v) is 4.31. The first-order valence-corrected chi connectivity index (χ1v) is 7.83. The van der Waals surface area contributed by atoms with Crippen LogP contribution >= 0.6 is 0 Å². The van der Waals surface area contributed by atoms with Crippen LogP contribution in [0.1, 0.15) is 57.8 Å². The highest BCUT2D eigenvalue weighted by molar-refractivity contribution is 4.91. The lowest BCUT2D eigenvalue weighted by Gasteiger charge is -2.47. The standard InChI is InChI=1S/C15H28N2/c1-2-6-15(7-3-1)8-11-17(12-9-15)14-5-4-10-16-13-14/h14,16H,1-13H2. The van der Waals surface area contributed by atoms with Crippen molar-refractivity contribution < 1.29 is 0 Å². The molecule has 2 heterocycles. The van der Waals surface area contributed by atoms with E-state index in [0.29, 0.717) is 0 Å². The molecule has 0 aromatic heterocycles. The molecule has 1 atom stereocenters. The zero-order chi connectivity index (χ0) is 11.6. The van der Waals surface area contributed by atoms with Crippen LogP contribution in [0.25, 0.3) is 0 Å². The molecule has 1 saturated carbocycles. The molecular formula is C15H28N2. The van der Waals surface area contributed by atoms with E-state index in [0.717, 1.165) is 11.5 Å². The molecular weight excluding hydrogens is 208 g/mol. The molecule has 0 amide bonds. The predicted molar refractivity (Wildman–Crippen MR) is 72.2 cm³/mol. The van der Waals surface area contributed by atoms with Gasteiger partial charge in [-0.3, -0.25) is 4.90 Å². The van der Waals surface area contributed by atoms with Gasteiger partial charge in [-0.2, -0.15) is 0 Å². The molecule has 3 aliphatic rings. The topological polar surface area (TPSA) is 15.3 Å². The Balaban J connectivity index is 1.52. The van der Waals surface area contributed by atoms with E-state index >= 15 is 0 Å². The fourth-order valence-electron chi connectivity index (χ4n) is 4.31. The Hall–Kier alpha value is -0.0800. The average Bonchev–Trinajstić information content (AvgIpc) is 2.42. The van der Waals surface area contributed by atoms with Gasteiger partial charge in [0.2, 0.25) is 0 Å². The number of piperidine rings is 2. The second-order valence-electron chi connectivity index (χ2n) is 6.60. The Labute approximate surface area is 106 Å². The van der Waals surface area contributed by atoms with Crippen LogP contribution in [0, 0.1) is 5.41 Å². The van der Waals surface area contributed by atoms with Crippen LogP contribution in [0.3, 0.4) is 0 Å². The van der Waals surface area contributed by atoms with Crippen LogP contribution in [0.4, 0.5) is 0 Å². The molecule has 2 heteroatoms. The summed E-state index contributed by atoms with van der Waals surface area (Å²) < 4.78 is 0. The van der Waals surface area contributed by atoms with E-state index in [-0.39, 0.29) is 0 Å². The maximum Gasteiger partial charge on any atom is 0.0221 e. The van der Waals surface area contributed by atoms with Gasteiger partial charge < -0.3 is 5.32 Å². The van der Waals surface area contributed by atoms with E-state index in [1.54, 1.807) is 0 Å². The normalized spacial score (nSPS) is 34.9. The molecule has 2 saturated heterocycles. The van der Waals surface area contributed by atoms with Crippen molar-refractivity contribution in [2.45, 2.75) is 63.8 Å². The van der Waals surface area contributed by atoms with Crippen molar-refractivity contribution in [1.82, 2.24) is 10.2 Å². The maximum atomic E-state index is 3.56. The molecule has 3 fully saturated rings. The molecule has 1 N–H and O–H groups in total. The second kappa shape index (κ2) is 5.27. The van der Waals surface area contributed by atoms with Crippen molar-refractivity contribution in [2.24, 2.45) is 5.41 Å². The summed E-state index contributed by atoms with van der Waals surface area (Å²) in [5.41, 5.74) is 0.775. The van der Waals surface area contributed by atoms with Crippen LogP contribution < -0.4 is 5.32 Å². The van der Waals surface area contributed by atoms with E-state index in [9.17, 15) is 0 Å². The van der Waals surface area contributed by atoms with Crippen molar-refractivity contribution in [3.05, 3.63) is 0 Å². The first-order valence-electron chi connectivity index (χ1n) is 7.83. The number of nitrogens with zero attached hydrogens (tertiary/aromatic N) is 1. The number of rotatable bonds is 1. The molecule has 0 bridgehead atoms. The average molecular weight is 236 g/mol. The molecule has 0 aromatic carbocycles. The van der Waals surface area contributed by atoms with Crippen LogP contribution in [0.2, 0.25) is 0 Å². The van der Waals surface area contributed by atoms with E-state index in [4.69, 9.17) is 0 Å². The highest BCUT2D eigenvalue weighted by atomic mass is 15.2. The van der Waals surface area contributed by atoms with E-state index in [2.05, 4.69) is 10.2 Å². The fraction of sp³-hybridized carbons (Fsp3) is 1.00. The molecule has 17 heavy (non-hydrogen) atoms. The third-order valence-corrected chi connectivity index (χ3v) is 5.56. The first-order chi connectivity index (χ1) is 8.38. The quantitative estimate of drug-likeness (QED) is 0.753. The van der Waals surface area contributed by atoms with Crippen molar-refractivity contribution in [1.29, 1.82) is 0 Å². The van der Waals surface area contributed by atoms with Gasteiger partial charge in [-0.1, -0.05) is 19.3 Å². The minimum absolute atomic E-state index is 0.775. The summed E-state index contributed by atoms with van der Waals surface area (Å²) in [4.78, 5) is 2.78. The molecule has 2 aliphatic heterocycles.